The number of ether oxygens (including phenoxy) is 1. The SMILES string of the molecule is Cc1cccc(N2CCN(C(=O)C(C)Oc3ccccc3C#N)CC2)c1C. The molecule has 5 nitrogen and oxygen atoms in total. The molecule has 0 spiro atoms. The van der Waals surface area contributed by atoms with Gasteiger partial charge in [-0.25, -0.2) is 0 Å². The second kappa shape index (κ2) is 8.13. The predicted octanol–water partition coefficient (Wildman–Crippen LogP) is 3.29. The quantitative estimate of drug-likeness (QED) is 0.836. The van der Waals surface area contributed by atoms with Gasteiger partial charge in [-0.1, -0.05) is 24.3 Å². The summed E-state index contributed by atoms with van der Waals surface area (Å²) in [5.41, 5.74) is 4.26. The normalized spacial score (nSPS) is 15.2. The molecule has 0 aromatic heterocycles. The average molecular weight is 363 g/mol. The molecule has 140 valence electrons. The predicted molar refractivity (Wildman–Crippen MR) is 106 cm³/mol. The maximum Gasteiger partial charge on any atom is 0.263 e. The van der Waals surface area contributed by atoms with Gasteiger partial charge in [0.25, 0.3) is 5.91 Å². The number of para-hydroxylation sites is 1. The van der Waals surface area contributed by atoms with E-state index in [-0.39, 0.29) is 5.91 Å². The Balaban J connectivity index is 1.61. The van der Waals surface area contributed by atoms with Crippen LogP contribution in [0.15, 0.2) is 42.5 Å². The molecule has 1 atom stereocenters. The number of carbonyl (C=O) groups is 1. The van der Waals surface area contributed by atoms with Crippen LogP contribution in [0.25, 0.3) is 0 Å². The molecule has 0 radical (unpaired) electrons. The number of piperazine rings is 1. The minimum absolute atomic E-state index is 0.0386. The van der Waals surface area contributed by atoms with E-state index >= 15 is 0 Å². The third-order valence-electron chi connectivity index (χ3n) is 5.17. The Bertz CT molecular complexity index is 864. The summed E-state index contributed by atoms with van der Waals surface area (Å²) in [5.74, 6) is 0.415. The van der Waals surface area contributed by atoms with E-state index in [0.29, 0.717) is 24.4 Å². The Kier molecular flexibility index (Phi) is 5.66. The lowest BCUT2D eigenvalue weighted by atomic mass is 10.1. The van der Waals surface area contributed by atoms with Crippen molar-refractivity contribution in [3.63, 3.8) is 0 Å². The van der Waals surface area contributed by atoms with Crippen LogP contribution in [0.1, 0.15) is 23.6 Å². The van der Waals surface area contributed by atoms with Crippen molar-refractivity contribution in [3.05, 3.63) is 59.2 Å². The van der Waals surface area contributed by atoms with Gasteiger partial charge in [-0.3, -0.25) is 4.79 Å². The van der Waals surface area contributed by atoms with Crippen LogP contribution in [0.5, 0.6) is 5.75 Å². The first-order valence-electron chi connectivity index (χ1n) is 9.27. The van der Waals surface area contributed by atoms with E-state index in [1.165, 1.54) is 16.8 Å². The Morgan fingerprint density at radius 1 is 1.07 bits per heavy atom. The van der Waals surface area contributed by atoms with Gasteiger partial charge in [-0.05, 0) is 50.1 Å². The van der Waals surface area contributed by atoms with Gasteiger partial charge in [0.15, 0.2) is 6.10 Å². The molecule has 0 saturated carbocycles. The Morgan fingerprint density at radius 3 is 2.48 bits per heavy atom. The number of rotatable bonds is 4. The zero-order valence-corrected chi connectivity index (χ0v) is 16.1. The van der Waals surface area contributed by atoms with E-state index in [0.717, 1.165) is 13.1 Å². The van der Waals surface area contributed by atoms with Crippen LogP contribution in [0.3, 0.4) is 0 Å². The molecule has 1 aliphatic heterocycles. The van der Waals surface area contributed by atoms with E-state index in [1.807, 2.05) is 4.90 Å². The summed E-state index contributed by atoms with van der Waals surface area (Å²) in [6, 6.07) is 15.4. The van der Waals surface area contributed by atoms with Crippen molar-refractivity contribution in [2.24, 2.45) is 0 Å². The standard InChI is InChI=1S/C22H25N3O2/c1-16-7-6-9-20(17(16)2)24-11-13-25(14-12-24)22(26)18(3)27-21-10-5-4-8-19(21)15-23/h4-10,18H,11-14H2,1-3H3. The lowest BCUT2D eigenvalue weighted by Gasteiger charge is -2.38. The van der Waals surface area contributed by atoms with Crippen LogP contribution in [-0.4, -0.2) is 43.1 Å². The second-order valence-electron chi connectivity index (χ2n) is 6.90. The second-order valence-corrected chi connectivity index (χ2v) is 6.90. The monoisotopic (exact) mass is 363 g/mol. The molecule has 1 fully saturated rings. The molecule has 1 amide bonds. The first kappa shape index (κ1) is 18.8. The number of anilines is 1. The first-order valence-corrected chi connectivity index (χ1v) is 9.27. The largest absolute Gasteiger partial charge is 0.480 e. The van der Waals surface area contributed by atoms with Crippen molar-refractivity contribution in [2.75, 3.05) is 31.1 Å². The molecule has 2 aromatic rings. The third-order valence-corrected chi connectivity index (χ3v) is 5.17. The van der Waals surface area contributed by atoms with Crippen LogP contribution in [0.2, 0.25) is 0 Å². The minimum atomic E-state index is -0.619. The summed E-state index contributed by atoms with van der Waals surface area (Å²) in [4.78, 5) is 17.0. The lowest BCUT2D eigenvalue weighted by Crippen LogP contribution is -2.52. The number of hydrogen-bond donors (Lipinski definition) is 0. The number of benzene rings is 2. The first-order chi connectivity index (χ1) is 13.0. The highest BCUT2D eigenvalue weighted by Gasteiger charge is 2.27. The maximum atomic E-state index is 12.8. The molecule has 1 aliphatic rings. The lowest BCUT2D eigenvalue weighted by molar-refractivity contribution is -0.138. The van der Waals surface area contributed by atoms with Crippen LogP contribution in [-0.2, 0) is 4.79 Å². The van der Waals surface area contributed by atoms with Gasteiger partial charge in [0, 0.05) is 31.9 Å². The summed E-state index contributed by atoms with van der Waals surface area (Å²) in [6.07, 6.45) is -0.619. The van der Waals surface area contributed by atoms with Crippen molar-refractivity contribution in [1.29, 1.82) is 5.26 Å². The highest BCUT2D eigenvalue weighted by Crippen LogP contribution is 2.24. The van der Waals surface area contributed by atoms with Gasteiger partial charge in [-0.2, -0.15) is 5.26 Å². The van der Waals surface area contributed by atoms with Crippen LogP contribution >= 0.6 is 0 Å². The number of aryl methyl sites for hydroxylation is 1. The summed E-state index contributed by atoms with van der Waals surface area (Å²) in [7, 11) is 0. The molecule has 27 heavy (non-hydrogen) atoms. The van der Waals surface area contributed by atoms with E-state index in [2.05, 4.69) is 43.0 Å². The topological polar surface area (TPSA) is 56.6 Å². The van der Waals surface area contributed by atoms with Crippen LogP contribution in [0.4, 0.5) is 5.69 Å². The molecule has 0 aliphatic carbocycles. The molecule has 1 unspecified atom stereocenters. The average Bonchev–Trinajstić information content (AvgIpc) is 2.70. The Labute approximate surface area is 160 Å². The molecule has 5 heteroatoms. The number of amides is 1. The van der Waals surface area contributed by atoms with E-state index in [4.69, 9.17) is 10.00 Å². The van der Waals surface area contributed by atoms with Crippen LogP contribution in [0, 0.1) is 25.2 Å². The highest BCUT2D eigenvalue weighted by atomic mass is 16.5. The zero-order valence-electron chi connectivity index (χ0n) is 16.1. The Morgan fingerprint density at radius 2 is 1.78 bits per heavy atom. The molecular weight excluding hydrogens is 338 g/mol. The molecule has 1 saturated heterocycles. The summed E-state index contributed by atoms with van der Waals surface area (Å²) < 4.78 is 5.77. The van der Waals surface area contributed by atoms with Gasteiger partial charge in [-0.15, -0.1) is 0 Å². The maximum absolute atomic E-state index is 12.8. The smallest absolute Gasteiger partial charge is 0.263 e. The number of carbonyl (C=O) groups excluding carboxylic acids is 1. The van der Waals surface area contributed by atoms with Crippen molar-refractivity contribution in [1.82, 2.24) is 4.90 Å². The van der Waals surface area contributed by atoms with E-state index in [9.17, 15) is 4.79 Å². The van der Waals surface area contributed by atoms with Gasteiger partial charge in [0.2, 0.25) is 0 Å². The summed E-state index contributed by atoms with van der Waals surface area (Å²) in [6.45, 7) is 8.95. The summed E-state index contributed by atoms with van der Waals surface area (Å²) >= 11 is 0. The fourth-order valence-corrected chi connectivity index (χ4v) is 3.41. The van der Waals surface area contributed by atoms with E-state index < -0.39 is 6.10 Å². The van der Waals surface area contributed by atoms with E-state index in [1.54, 1.807) is 31.2 Å². The van der Waals surface area contributed by atoms with Crippen molar-refractivity contribution in [3.8, 4) is 11.8 Å². The number of hydrogen-bond acceptors (Lipinski definition) is 4. The molecule has 2 aromatic carbocycles. The van der Waals surface area contributed by atoms with Crippen molar-refractivity contribution < 1.29 is 9.53 Å². The van der Waals surface area contributed by atoms with Gasteiger partial charge in [0.05, 0.1) is 5.56 Å². The van der Waals surface area contributed by atoms with Crippen molar-refractivity contribution >= 4 is 11.6 Å². The molecule has 0 bridgehead atoms. The number of nitriles is 1. The van der Waals surface area contributed by atoms with Crippen LogP contribution < -0.4 is 9.64 Å². The van der Waals surface area contributed by atoms with Gasteiger partial charge < -0.3 is 14.5 Å². The molecule has 3 rings (SSSR count). The van der Waals surface area contributed by atoms with Gasteiger partial charge >= 0.3 is 0 Å². The summed E-state index contributed by atoms with van der Waals surface area (Å²) in [5, 5.41) is 9.17. The van der Waals surface area contributed by atoms with Crippen molar-refractivity contribution in [2.45, 2.75) is 26.9 Å². The molecule has 0 N–H and O–H groups in total. The minimum Gasteiger partial charge on any atom is -0.480 e. The number of nitrogens with zero attached hydrogens (tertiary/aromatic N) is 3. The van der Waals surface area contributed by atoms with Gasteiger partial charge in [0.1, 0.15) is 11.8 Å². The highest BCUT2D eigenvalue weighted by molar-refractivity contribution is 5.81. The molecular formula is C22H25N3O2. The fraction of sp³-hybridized carbons (Fsp3) is 0.364. The molecule has 1 heterocycles. The fourth-order valence-electron chi connectivity index (χ4n) is 3.41. The Hall–Kier alpha value is -3.00. The third kappa shape index (κ3) is 4.06. The zero-order chi connectivity index (χ0) is 19.4.